The molecule has 0 aliphatic heterocycles. The molecule has 0 amide bonds. The van der Waals surface area contributed by atoms with Gasteiger partial charge in [-0.1, -0.05) is 6.92 Å². The lowest BCUT2D eigenvalue weighted by molar-refractivity contribution is -0.152. The summed E-state index contributed by atoms with van der Waals surface area (Å²) >= 11 is 0. The largest absolute Gasteiger partial charge is 0.463 e. The van der Waals surface area contributed by atoms with Crippen molar-refractivity contribution in [3.63, 3.8) is 0 Å². The number of carbonyl (C=O) groups is 1. The molecule has 0 aliphatic rings. The van der Waals surface area contributed by atoms with Crippen LogP contribution in [0.2, 0.25) is 0 Å². The van der Waals surface area contributed by atoms with Crippen molar-refractivity contribution in [1.82, 2.24) is 0 Å². The molecule has 0 spiro atoms. The second-order valence-electron chi connectivity index (χ2n) is 3.32. The molecule has 0 aromatic rings. The van der Waals surface area contributed by atoms with Crippen LogP contribution in [0.15, 0.2) is 0 Å². The third-order valence-electron chi connectivity index (χ3n) is 1.60. The van der Waals surface area contributed by atoms with E-state index in [1.165, 1.54) is 0 Å². The highest BCUT2D eigenvalue weighted by Gasteiger charge is 2.14. The number of ether oxygens (including phenoxy) is 1. The van der Waals surface area contributed by atoms with E-state index < -0.39 is 0 Å². The summed E-state index contributed by atoms with van der Waals surface area (Å²) in [7, 11) is 0. The van der Waals surface area contributed by atoms with Gasteiger partial charge in [-0.2, -0.15) is 0 Å². The van der Waals surface area contributed by atoms with Crippen LogP contribution in [-0.2, 0) is 9.53 Å². The summed E-state index contributed by atoms with van der Waals surface area (Å²) in [5, 5.41) is 0. The van der Waals surface area contributed by atoms with Crippen LogP contribution in [0.25, 0.3) is 0 Å². The second kappa shape index (κ2) is 6.00. The molecule has 0 saturated heterocycles. The zero-order valence-electron chi connectivity index (χ0n) is 8.17. The Morgan fingerprint density at radius 1 is 1.42 bits per heavy atom. The molecule has 72 valence electrons. The van der Waals surface area contributed by atoms with E-state index in [1.807, 2.05) is 20.8 Å². The minimum absolute atomic E-state index is 0.0159. The molecular weight excluding hydrogens is 154 g/mol. The molecule has 0 bridgehead atoms. The zero-order valence-corrected chi connectivity index (χ0v) is 8.17. The molecule has 0 fully saturated rings. The fourth-order valence-corrected chi connectivity index (χ4v) is 0.890. The molecular formula is C9H19NO2. The third-order valence-corrected chi connectivity index (χ3v) is 1.60. The lowest BCUT2D eigenvalue weighted by atomic mass is 10.1. The van der Waals surface area contributed by atoms with Crippen LogP contribution in [0, 0.1) is 5.92 Å². The Balaban J connectivity index is 3.61. The van der Waals surface area contributed by atoms with Crippen LogP contribution < -0.4 is 5.73 Å². The Hall–Kier alpha value is -0.570. The zero-order chi connectivity index (χ0) is 9.56. The third kappa shape index (κ3) is 5.13. The van der Waals surface area contributed by atoms with Gasteiger partial charge in [0.15, 0.2) is 0 Å². The molecule has 12 heavy (non-hydrogen) atoms. The number of rotatable bonds is 5. The number of hydrogen-bond acceptors (Lipinski definition) is 3. The van der Waals surface area contributed by atoms with E-state index in [4.69, 9.17) is 10.5 Å². The van der Waals surface area contributed by atoms with Crippen LogP contribution in [0.1, 0.15) is 33.6 Å². The highest BCUT2D eigenvalue weighted by atomic mass is 16.5. The second-order valence-corrected chi connectivity index (χ2v) is 3.32. The molecule has 0 rings (SSSR count). The van der Waals surface area contributed by atoms with E-state index in [0.717, 1.165) is 12.8 Å². The summed E-state index contributed by atoms with van der Waals surface area (Å²) in [4.78, 5) is 11.2. The van der Waals surface area contributed by atoms with Gasteiger partial charge in [0.2, 0.25) is 0 Å². The summed E-state index contributed by atoms with van der Waals surface area (Å²) in [6.07, 6.45) is 1.69. The average Bonchev–Trinajstić information content (AvgIpc) is 1.98. The molecule has 0 aromatic heterocycles. The lowest BCUT2D eigenvalue weighted by Crippen LogP contribution is -2.19. The molecule has 3 heteroatoms. The Bertz CT molecular complexity index is 134. The monoisotopic (exact) mass is 173 g/mol. The minimum Gasteiger partial charge on any atom is -0.463 e. The molecule has 0 aliphatic carbocycles. The molecule has 0 heterocycles. The Morgan fingerprint density at radius 3 is 2.42 bits per heavy atom. The van der Waals surface area contributed by atoms with Gasteiger partial charge < -0.3 is 10.5 Å². The summed E-state index contributed by atoms with van der Waals surface area (Å²) < 4.78 is 5.03. The molecule has 0 aromatic carbocycles. The van der Waals surface area contributed by atoms with Crippen molar-refractivity contribution in [2.45, 2.75) is 39.7 Å². The van der Waals surface area contributed by atoms with E-state index in [9.17, 15) is 4.79 Å². The predicted molar refractivity (Wildman–Crippen MR) is 48.7 cm³/mol. The maximum Gasteiger partial charge on any atom is 0.308 e. The predicted octanol–water partition coefficient (Wildman–Crippen LogP) is 1.31. The number of hydrogen-bond donors (Lipinski definition) is 1. The van der Waals surface area contributed by atoms with Gasteiger partial charge in [-0.05, 0) is 33.2 Å². The molecule has 0 saturated carbocycles. The van der Waals surface area contributed by atoms with E-state index in [-0.39, 0.29) is 18.0 Å². The van der Waals surface area contributed by atoms with Crippen LogP contribution >= 0.6 is 0 Å². The van der Waals surface area contributed by atoms with Gasteiger partial charge in [0.05, 0.1) is 12.0 Å². The standard InChI is InChI=1S/C9H19NO2/c1-7(2)12-9(11)8(3)5-4-6-10/h7-8H,4-6,10H2,1-3H3. The molecule has 0 radical (unpaired) electrons. The molecule has 3 nitrogen and oxygen atoms in total. The first-order valence-electron chi connectivity index (χ1n) is 4.48. The first kappa shape index (κ1) is 11.4. The van der Waals surface area contributed by atoms with Gasteiger partial charge in [-0.15, -0.1) is 0 Å². The van der Waals surface area contributed by atoms with Crippen LogP contribution in [0.4, 0.5) is 0 Å². The summed E-state index contributed by atoms with van der Waals surface area (Å²) in [6, 6.07) is 0. The van der Waals surface area contributed by atoms with Crippen LogP contribution in [0.5, 0.6) is 0 Å². The Morgan fingerprint density at radius 2 is 2.00 bits per heavy atom. The Kier molecular flexibility index (Phi) is 5.72. The topological polar surface area (TPSA) is 52.3 Å². The fraction of sp³-hybridized carbons (Fsp3) is 0.889. The van der Waals surface area contributed by atoms with E-state index in [1.54, 1.807) is 0 Å². The quantitative estimate of drug-likeness (QED) is 0.638. The molecule has 1 unspecified atom stereocenters. The van der Waals surface area contributed by atoms with E-state index in [0.29, 0.717) is 6.54 Å². The highest BCUT2D eigenvalue weighted by Crippen LogP contribution is 2.08. The van der Waals surface area contributed by atoms with Crippen LogP contribution in [-0.4, -0.2) is 18.6 Å². The lowest BCUT2D eigenvalue weighted by Gasteiger charge is -2.12. The number of carbonyl (C=O) groups excluding carboxylic acids is 1. The first-order chi connectivity index (χ1) is 5.57. The van der Waals surface area contributed by atoms with Crippen molar-refractivity contribution in [2.75, 3.05) is 6.54 Å². The van der Waals surface area contributed by atoms with Gasteiger partial charge >= 0.3 is 5.97 Å². The van der Waals surface area contributed by atoms with Gasteiger partial charge in [0.1, 0.15) is 0 Å². The highest BCUT2D eigenvalue weighted by molar-refractivity contribution is 5.72. The molecule has 1 atom stereocenters. The summed E-state index contributed by atoms with van der Waals surface area (Å²) in [6.45, 7) is 6.22. The average molecular weight is 173 g/mol. The van der Waals surface area contributed by atoms with E-state index in [2.05, 4.69) is 0 Å². The fourth-order valence-electron chi connectivity index (χ4n) is 0.890. The number of nitrogens with two attached hydrogens (primary N) is 1. The first-order valence-corrected chi connectivity index (χ1v) is 4.48. The van der Waals surface area contributed by atoms with Gasteiger partial charge in [-0.3, -0.25) is 4.79 Å². The SMILES string of the molecule is CC(C)OC(=O)C(C)CCCN. The van der Waals surface area contributed by atoms with Crippen molar-refractivity contribution >= 4 is 5.97 Å². The van der Waals surface area contributed by atoms with Crippen molar-refractivity contribution < 1.29 is 9.53 Å². The van der Waals surface area contributed by atoms with Crippen molar-refractivity contribution in [1.29, 1.82) is 0 Å². The van der Waals surface area contributed by atoms with Gasteiger partial charge in [0.25, 0.3) is 0 Å². The summed E-state index contributed by atoms with van der Waals surface area (Å²) in [5.41, 5.74) is 5.33. The maximum atomic E-state index is 11.2. The van der Waals surface area contributed by atoms with E-state index >= 15 is 0 Å². The minimum atomic E-state index is -0.113. The van der Waals surface area contributed by atoms with Crippen molar-refractivity contribution in [3.8, 4) is 0 Å². The van der Waals surface area contributed by atoms with Gasteiger partial charge in [-0.25, -0.2) is 0 Å². The Labute approximate surface area is 74.3 Å². The maximum absolute atomic E-state index is 11.2. The smallest absolute Gasteiger partial charge is 0.308 e. The number of esters is 1. The van der Waals surface area contributed by atoms with Gasteiger partial charge in [0, 0.05) is 0 Å². The van der Waals surface area contributed by atoms with Crippen molar-refractivity contribution in [3.05, 3.63) is 0 Å². The van der Waals surface area contributed by atoms with Crippen LogP contribution in [0.3, 0.4) is 0 Å². The normalized spacial score (nSPS) is 13.1. The summed E-state index contributed by atoms with van der Waals surface area (Å²) in [5.74, 6) is -0.130. The van der Waals surface area contributed by atoms with Crippen molar-refractivity contribution in [2.24, 2.45) is 11.7 Å². The molecule has 2 N–H and O–H groups in total.